The summed E-state index contributed by atoms with van der Waals surface area (Å²) in [6, 6.07) is 0. The normalized spacial score (nSPS) is 39.5. The Bertz CT molecular complexity index is 147. The maximum atomic E-state index is 5.11. The van der Waals surface area contributed by atoms with Crippen LogP contribution in [0.5, 0.6) is 0 Å². The predicted octanol–water partition coefficient (Wildman–Crippen LogP) is -0.322. The third-order valence-corrected chi connectivity index (χ3v) is 2.85. The van der Waals surface area contributed by atoms with Crippen molar-refractivity contribution in [1.82, 2.24) is 0 Å². The van der Waals surface area contributed by atoms with Gasteiger partial charge in [-0.2, -0.15) is 0 Å². The summed E-state index contributed by atoms with van der Waals surface area (Å²) in [6.45, 7) is 0. The van der Waals surface area contributed by atoms with Crippen LogP contribution in [-0.4, -0.2) is 40.5 Å². The first kappa shape index (κ1) is 11.9. The van der Waals surface area contributed by atoms with Crippen molar-refractivity contribution in [3.63, 3.8) is 0 Å². The van der Waals surface area contributed by atoms with E-state index in [2.05, 4.69) is 18.9 Å². The molecule has 6 atom stereocenters. The van der Waals surface area contributed by atoms with Gasteiger partial charge < -0.3 is 18.4 Å². The van der Waals surface area contributed by atoms with Crippen LogP contribution in [0.4, 0.5) is 0 Å². The topological polar surface area (TPSA) is 36.9 Å². The molecule has 1 aliphatic rings. The maximum Gasteiger partial charge on any atom is 0.283 e. The van der Waals surface area contributed by atoms with Gasteiger partial charge in [-0.05, 0) is 0 Å². The second-order valence-electron chi connectivity index (χ2n) is 2.79. The fraction of sp³-hybridized carbons (Fsp3) is 1.00. The zero-order valence-electron chi connectivity index (χ0n) is 6.96. The Kier molecular flexibility index (Phi) is 5.17. The molecule has 1 fully saturated rings. The molecular formula is C5H10B2O4P2. The molecule has 0 heterocycles. The van der Waals surface area contributed by atoms with Gasteiger partial charge in [0, 0.05) is 25.4 Å². The van der Waals surface area contributed by atoms with Gasteiger partial charge in [0.1, 0.15) is 6.10 Å². The molecule has 0 bridgehead atoms. The van der Waals surface area contributed by atoms with Gasteiger partial charge in [-0.25, -0.2) is 0 Å². The third-order valence-electron chi connectivity index (χ3n) is 2.19. The van der Waals surface area contributed by atoms with Crippen LogP contribution < -0.4 is 0 Å². The molecule has 0 aromatic heterocycles. The van der Waals surface area contributed by atoms with E-state index in [1.54, 1.807) is 0 Å². The van der Waals surface area contributed by atoms with Crippen LogP contribution in [0.3, 0.4) is 0 Å². The molecule has 0 aromatic carbocycles. The molecule has 1 saturated carbocycles. The summed E-state index contributed by atoms with van der Waals surface area (Å²) in [5.74, 6) is 0. The van der Waals surface area contributed by atoms with Crippen molar-refractivity contribution in [3.05, 3.63) is 0 Å². The molecule has 1 aliphatic carbocycles. The van der Waals surface area contributed by atoms with Crippen LogP contribution in [0.2, 0.25) is 0 Å². The van der Waals surface area contributed by atoms with Gasteiger partial charge >= 0.3 is 0 Å². The zero-order chi connectivity index (χ0) is 9.84. The SMILES string of the molecule is [B]O[C@@H]1[C@H](OP)[C@@H](O[B])C[C@H]1OP. The van der Waals surface area contributed by atoms with E-state index in [1.165, 1.54) is 0 Å². The first-order valence-corrected chi connectivity index (χ1v) is 4.64. The Morgan fingerprint density at radius 2 is 1.62 bits per heavy atom. The van der Waals surface area contributed by atoms with Crippen LogP contribution in [-0.2, 0) is 18.4 Å². The Balaban J connectivity index is 2.65. The van der Waals surface area contributed by atoms with Crippen molar-refractivity contribution in [2.75, 3.05) is 0 Å². The number of hydrogen-bond donors (Lipinski definition) is 0. The van der Waals surface area contributed by atoms with Crippen molar-refractivity contribution in [1.29, 1.82) is 0 Å². The van der Waals surface area contributed by atoms with E-state index in [0.29, 0.717) is 6.42 Å². The molecule has 4 nitrogen and oxygen atoms in total. The molecular weight excluding hydrogens is 208 g/mol. The fourth-order valence-electron chi connectivity index (χ4n) is 1.52. The van der Waals surface area contributed by atoms with E-state index in [0.717, 1.165) is 0 Å². The number of hydrogen-bond acceptors (Lipinski definition) is 4. The maximum absolute atomic E-state index is 5.11. The van der Waals surface area contributed by atoms with E-state index >= 15 is 0 Å². The van der Waals surface area contributed by atoms with E-state index in [4.69, 9.17) is 34.5 Å². The van der Waals surface area contributed by atoms with Gasteiger partial charge in [-0.15, -0.1) is 0 Å². The lowest BCUT2D eigenvalue weighted by atomic mass is 10.2. The van der Waals surface area contributed by atoms with Crippen molar-refractivity contribution >= 4 is 35.0 Å². The summed E-state index contributed by atoms with van der Waals surface area (Å²) in [5, 5.41) is 0. The predicted molar refractivity (Wildman–Crippen MR) is 55.0 cm³/mol. The van der Waals surface area contributed by atoms with Gasteiger partial charge in [0.2, 0.25) is 0 Å². The van der Waals surface area contributed by atoms with E-state index < -0.39 is 0 Å². The molecule has 0 aliphatic heterocycles. The summed E-state index contributed by atoms with van der Waals surface area (Å²) in [6.07, 6.45) is -0.569. The molecule has 0 saturated heterocycles. The molecule has 0 spiro atoms. The van der Waals surface area contributed by atoms with Crippen molar-refractivity contribution < 1.29 is 18.4 Å². The summed E-state index contributed by atoms with van der Waals surface area (Å²) < 4.78 is 19.6. The molecule has 1 rings (SSSR count). The molecule has 0 amide bonds. The Morgan fingerprint density at radius 1 is 0.923 bits per heavy atom. The minimum Gasteiger partial charge on any atom is -0.442 e. The Morgan fingerprint density at radius 3 is 2.00 bits per heavy atom. The minimum absolute atomic E-state index is 0.186. The third kappa shape index (κ3) is 2.44. The van der Waals surface area contributed by atoms with E-state index in [9.17, 15) is 0 Å². The highest BCUT2D eigenvalue weighted by atomic mass is 31.0. The summed E-state index contributed by atoms with van der Waals surface area (Å²) >= 11 is 0. The zero-order valence-corrected chi connectivity index (χ0v) is 9.27. The average molecular weight is 218 g/mol. The first-order valence-electron chi connectivity index (χ1n) is 3.70. The quantitative estimate of drug-likeness (QED) is 0.478. The Labute approximate surface area is 84.9 Å². The smallest absolute Gasteiger partial charge is 0.283 e. The second kappa shape index (κ2) is 5.65. The Hall–Kier alpha value is 0.830. The number of rotatable bonds is 4. The molecule has 70 valence electrons. The highest BCUT2D eigenvalue weighted by molar-refractivity contribution is 7.10. The van der Waals surface area contributed by atoms with Gasteiger partial charge in [-0.1, -0.05) is 0 Å². The van der Waals surface area contributed by atoms with Crippen LogP contribution in [0.1, 0.15) is 6.42 Å². The van der Waals surface area contributed by atoms with Crippen molar-refractivity contribution in [2.24, 2.45) is 0 Å². The molecule has 0 N–H and O–H groups in total. The molecule has 4 radical (unpaired) electrons. The van der Waals surface area contributed by atoms with E-state index in [1.807, 2.05) is 0 Å². The van der Waals surface area contributed by atoms with Gasteiger partial charge in [0.25, 0.3) is 16.1 Å². The van der Waals surface area contributed by atoms with Crippen LogP contribution >= 0.6 is 18.9 Å². The van der Waals surface area contributed by atoms with Crippen molar-refractivity contribution in [2.45, 2.75) is 30.8 Å². The molecule has 13 heavy (non-hydrogen) atoms. The lowest BCUT2D eigenvalue weighted by Gasteiger charge is -2.23. The fourth-order valence-corrected chi connectivity index (χ4v) is 2.11. The van der Waals surface area contributed by atoms with E-state index in [-0.39, 0.29) is 24.4 Å². The van der Waals surface area contributed by atoms with Gasteiger partial charge in [0.15, 0.2) is 0 Å². The first-order chi connectivity index (χ1) is 6.28. The van der Waals surface area contributed by atoms with Crippen LogP contribution in [0.25, 0.3) is 0 Å². The summed E-state index contributed by atoms with van der Waals surface area (Å²) in [5.41, 5.74) is 0. The standard InChI is InChI=1S/C5H10B2O4P2/c6-8-2-1-3(10-12)4(9-7)5(2)11-13/h2-5H,1,12-13H2/t2-,3+,4-,5+/m0/s1. The van der Waals surface area contributed by atoms with Gasteiger partial charge in [-0.3, -0.25) is 0 Å². The molecule has 8 heteroatoms. The monoisotopic (exact) mass is 218 g/mol. The summed E-state index contributed by atoms with van der Waals surface area (Å²) in [4.78, 5) is 0. The van der Waals surface area contributed by atoms with Crippen LogP contribution in [0, 0.1) is 0 Å². The summed E-state index contributed by atoms with van der Waals surface area (Å²) in [7, 11) is 14.5. The highest BCUT2D eigenvalue weighted by Gasteiger charge is 2.43. The van der Waals surface area contributed by atoms with Crippen molar-refractivity contribution in [3.8, 4) is 0 Å². The lowest BCUT2D eigenvalue weighted by molar-refractivity contribution is 0.0155. The minimum atomic E-state index is -0.372. The largest absolute Gasteiger partial charge is 0.442 e. The van der Waals surface area contributed by atoms with Crippen LogP contribution in [0.15, 0.2) is 0 Å². The molecule has 0 aromatic rings. The lowest BCUT2D eigenvalue weighted by Crippen LogP contribution is -2.36. The second-order valence-corrected chi connectivity index (χ2v) is 3.33. The highest BCUT2D eigenvalue weighted by Crippen LogP contribution is 2.31. The van der Waals surface area contributed by atoms with Gasteiger partial charge in [0.05, 0.1) is 18.3 Å². The molecule has 2 unspecified atom stereocenters. The average Bonchev–Trinajstić information content (AvgIpc) is 2.54.